The Balaban J connectivity index is 1.38. The van der Waals surface area contributed by atoms with Crippen LogP contribution in [0.15, 0.2) is 54.7 Å². The standard InChI is InChI=1S/C19H22N4OS/c1-23-11-5-9-18(23)16-13-17(22-21-16)19(24)20-10-6-12-25-14-15-7-3-2-4-8-15/h2-5,7-9,11,13H,6,10,12,14H2,1H3,(H,20,24)(H,21,22). The van der Waals surface area contributed by atoms with Gasteiger partial charge in [0.25, 0.3) is 5.91 Å². The first-order chi connectivity index (χ1) is 12.2. The van der Waals surface area contributed by atoms with Crippen LogP contribution in [-0.4, -0.2) is 33.0 Å². The summed E-state index contributed by atoms with van der Waals surface area (Å²) >= 11 is 1.88. The molecule has 2 N–H and O–H groups in total. The molecule has 0 bridgehead atoms. The van der Waals surface area contributed by atoms with Gasteiger partial charge in [-0.1, -0.05) is 30.3 Å². The molecule has 0 radical (unpaired) electrons. The van der Waals surface area contributed by atoms with Crippen LogP contribution in [0.1, 0.15) is 22.5 Å². The van der Waals surface area contributed by atoms with Crippen LogP contribution in [0.2, 0.25) is 0 Å². The fourth-order valence-electron chi connectivity index (χ4n) is 2.53. The van der Waals surface area contributed by atoms with E-state index >= 15 is 0 Å². The molecule has 0 aliphatic carbocycles. The van der Waals surface area contributed by atoms with Crippen molar-refractivity contribution in [2.75, 3.05) is 12.3 Å². The van der Waals surface area contributed by atoms with Crippen molar-refractivity contribution in [3.63, 3.8) is 0 Å². The van der Waals surface area contributed by atoms with Gasteiger partial charge in [-0.15, -0.1) is 0 Å². The smallest absolute Gasteiger partial charge is 0.269 e. The van der Waals surface area contributed by atoms with Crippen molar-refractivity contribution >= 4 is 17.7 Å². The van der Waals surface area contributed by atoms with Crippen molar-refractivity contribution in [2.24, 2.45) is 7.05 Å². The molecule has 25 heavy (non-hydrogen) atoms. The molecule has 1 aromatic carbocycles. The number of thioether (sulfide) groups is 1. The second-order valence-corrected chi connectivity index (χ2v) is 6.92. The molecule has 5 nitrogen and oxygen atoms in total. The summed E-state index contributed by atoms with van der Waals surface area (Å²) in [4.78, 5) is 12.2. The van der Waals surface area contributed by atoms with Gasteiger partial charge in [0.05, 0.1) is 5.69 Å². The zero-order chi connectivity index (χ0) is 17.5. The van der Waals surface area contributed by atoms with E-state index in [0.717, 1.165) is 29.3 Å². The van der Waals surface area contributed by atoms with Crippen LogP contribution in [0, 0.1) is 0 Å². The molecule has 6 heteroatoms. The average Bonchev–Trinajstić information content (AvgIpc) is 3.27. The highest BCUT2D eigenvalue weighted by Crippen LogP contribution is 2.17. The number of carbonyl (C=O) groups excluding carboxylic acids is 1. The molecule has 2 heterocycles. The minimum Gasteiger partial charge on any atom is -0.351 e. The minimum absolute atomic E-state index is 0.110. The number of amides is 1. The van der Waals surface area contributed by atoms with Crippen LogP contribution in [0.25, 0.3) is 11.4 Å². The van der Waals surface area contributed by atoms with E-state index < -0.39 is 0 Å². The summed E-state index contributed by atoms with van der Waals surface area (Å²) in [6.07, 6.45) is 2.90. The zero-order valence-corrected chi connectivity index (χ0v) is 15.1. The third-order valence-corrected chi connectivity index (χ3v) is 5.01. The van der Waals surface area contributed by atoms with Crippen molar-refractivity contribution in [1.82, 2.24) is 20.1 Å². The number of nitrogens with one attached hydrogen (secondary N) is 2. The highest BCUT2D eigenvalue weighted by molar-refractivity contribution is 7.98. The molecule has 0 atom stereocenters. The van der Waals surface area contributed by atoms with E-state index in [2.05, 4.69) is 39.8 Å². The summed E-state index contributed by atoms with van der Waals surface area (Å²) in [5, 5.41) is 9.98. The lowest BCUT2D eigenvalue weighted by atomic mass is 10.2. The summed E-state index contributed by atoms with van der Waals surface area (Å²) in [5.74, 6) is 1.92. The van der Waals surface area contributed by atoms with E-state index in [0.29, 0.717) is 12.2 Å². The van der Waals surface area contributed by atoms with Gasteiger partial charge in [0.15, 0.2) is 0 Å². The lowest BCUT2D eigenvalue weighted by Gasteiger charge is -2.04. The van der Waals surface area contributed by atoms with Crippen molar-refractivity contribution in [1.29, 1.82) is 0 Å². The summed E-state index contributed by atoms with van der Waals surface area (Å²) in [5.41, 5.74) is 3.58. The van der Waals surface area contributed by atoms with Gasteiger partial charge >= 0.3 is 0 Å². The average molecular weight is 354 g/mol. The van der Waals surface area contributed by atoms with Crippen molar-refractivity contribution in [3.05, 3.63) is 66.0 Å². The molecular weight excluding hydrogens is 332 g/mol. The number of nitrogens with zero attached hydrogens (tertiary/aromatic N) is 2. The third kappa shape index (κ3) is 4.76. The second kappa shape index (κ2) is 8.58. The Morgan fingerprint density at radius 2 is 2.08 bits per heavy atom. The second-order valence-electron chi connectivity index (χ2n) is 5.82. The maximum atomic E-state index is 12.2. The van der Waals surface area contributed by atoms with E-state index in [9.17, 15) is 4.79 Å². The van der Waals surface area contributed by atoms with Gasteiger partial charge in [-0.25, -0.2) is 0 Å². The number of aryl methyl sites for hydroxylation is 1. The van der Waals surface area contributed by atoms with Gasteiger partial charge in [0.1, 0.15) is 11.4 Å². The molecule has 0 aliphatic heterocycles. The van der Waals surface area contributed by atoms with Crippen molar-refractivity contribution < 1.29 is 4.79 Å². The molecule has 0 saturated carbocycles. The third-order valence-electron chi connectivity index (χ3n) is 3.89. The van der Waals surface area contributed by atoms with E-state index in [-0.39, 0.29) is 5.91 Å². The molecule has 3 aromatic rings. The molecule has 0 unspecified atom stereocenters. The fraction of sp³-hybridized carbons (Fsp3) is 0.263. The molecule has 3 rings (SSSR count). The van der Waals surface area contributed by atoms with Crippen LogP contribution in [0.4, 0.5) is 0 Å². The maximum absolute atomic E-state index is 12.2. The number of hydrogen-bond donors (Lipinski definition) is 2. The Bertz CT molecular complexity index is 810. The first-order valence-corrected chi connectivity index (χ1v) is 9.46. The molecule has 0 spiro atoms. The van der Waals surface area contributed by atoms with E-state index in [1.807, 2.05) is 47.8 Å². The van der Waals surface area contributed by atoms with Gasteiger partial charge < -0.3 is 9.88 Å². The first kappa shape index (κ1) is 17.4. The topological polar surface area (TPSA) is 62.7 Å². The van der Waals surface area contributed by atoms with Crippen LogP contribution in [0.3, 0.4) is 0 Å². The molecule has 0 aliphatic rings. The monoisotopic (exact) mass is 354 g/mol. The van der Waals surface area contributed by atoms with Gasteiger partial charge in [-0.05, 0) is 35.9 Å². The normalized spacial score (nSPS) is 10.8. The quantitative estimate of drug-likeness (QED) is 0.609. The minimum atomic E-state index is -0.110. The predicted molar refractivity (Wildman–Crippen MR) is 103 cm³/mol. The Kier molecular flexibility index (Phi) is 5.95. The molecule has 0 saturated heterocycles. The molecule has 0 fully saturated rings. The highest BCUT2D eigenvalue weighted by atomic mass is 32.2. The lowest BCUT2D eigenvalue weighted by molar-refractivity contribution is 0.0949. The van der Waals surface area contributed by atoms with Gasteiger partial charge in [0.2, 0.25) is 0 Å². The van der Waals surface area contributed by atoms with Gasteiger partial charge in [-0.3, -0.25) is 9.89 Å². The Morgan fingerprint density at radius 1 is 1.24 bits per heavy atom. The summed E-state index contributed by atoms with van der Waals surface area (Å²) in [6.45, 7) is 0.666. The van der Waals surface area contributed by atoms with Gasteiger partial charge in [-0.2, -0.15) is 16.9 Å². The molecule has 1 amide bonds. The number of aromatic amines is 1. The predicted octanol–water partition coefficient (Wildman–Crippen LogP) is 3.47. The van der Waals surface area contributed by atoms with E-state index in [1.54, 1.807) is 6.07 Å². The molecular formula is C19H22N4OS. The van der Waals surface area contributed by atoms with Crippen LogP contribution < -0.4 is 5.32 Å². The Labute approximate surface area is 151 Å². The van der Waals surface area contributed by atoms with Crippen LogP contribution >= 0.6 is 11.8 Å². The Hall–Kier alpha value is -2.47. The SMILES string of the molecule is Cn1cccc1-c1cc(C(=O)NCCCSCc2ccccc2)[nH]n1. The number of aromatic nitrogens is 3. The van der Waals surface area contributed by atoms with Crippen LogP contribution in [-0.2, 0) is 12.8 Å². The van der Waals surface area contributed by atoms with E-state index in [1.165, 1.54) is 5.56 Å². The molecule has 2 aromatic heterocycles. The zero-order valence-electron chi connectivity index (χ0n) is 14.2. The Morgan fingerprint density at radius 3 is 2.84 bits per heavy atom. The number of hydrogen-bond acceptors (Lipinski definition) is 3. The largest absolute Gasteiger partial charge is 0.351 e. The summed E-state index contributed by atoms with van der Waals surface area (Å²) in [7, 11) is 1.96. The number of benzene rings is 1. The summed E-state index contributed by atoms with van der Waals surface area (Å²) < 4.78 is 1.97. The van der Waals surface area contributed by atoms with Gasteiger partial charge in [0, 0.05) is 25.5 Å². The highest BCUT2D eigenvalue weighted by Gasteiger charge is 2.11. The van der Waals surface area contributed by atoms with Crippen molar-refractivity contribution in [2.45, 2.75) is 12.2 Å². The number of rotatable bonds is 8. The fourth-order valence-corrected chi connectivity index (χ4v) is 3.45. The number of H-pyrrole nitrogens is 1. The number of carbonyl (C=O) groups is 1. The van der Waals surface area contributed by atoms with Crippen molar-refractivity contribution in [3.8, 4) is 11.4 Å². The summed E-state index contributed by atoms with van der Waals surface area (Å²) in [6, 6.07) is 16.1. The maximum Gasteiger partial charge on any atom is 0.269 e. The first-order valence-electron chi connectivity index (χ1n) is 8.31. The van der Waals surface area contributed by atoms with Crippen LogP contribution in [0.5, 0.6) is 0 Å². The lowest BCUT2D eigenvalue weighted by Crippen LogP contribution is -2.25. The van der Waals surface area contributed by atoms with E-state index in [4.69, 9.17) is 0 Å². The molecule has 130 valence electrons.